The van der Waals surface area contributed by atoms with Gasteiger partial charge in [-0.05, 0) is 25.0 Å². The van der Waals surface area contributed by atoms with Gasteiger partial charge >= 0.3 is 0 Å². The summed E-state index contributed by atoms with van der Waals surface area (Å²) in [5.74, 6) is 1.34. The summed E-state index contributed by atoms with van der Waals surface area (Å²) in [7, 11) is 1.61. The van der Waals surface area contributed by atoms with Crippen molar-refractivity contribution in [2.75, 3.05) is 7.11 Å². The molecule has 4 heteroatoms. The first-order valence-corrected chi connectivity index (χ1v) is 6.07. The first kappa shape index (κ1) is 9.78. The van der Waals surface area contributed by atoms with Crippen molar-refractivity contribution in [3.63, 3.8) is 0 Å². The third kappa shape index (κ3) is 1.50. The van der Waals surface area contributed by atoms with E-state index in [9.17, 15) is 4.79 Å². The Morgan fingerprint density at radius 3 is 2.94 bits per heavy atom. The van der Waals surface area contributed by atoms with Crippen LogP contribution >= 0.6 is 11.3 Å². The second kappa shape index (κ2) is 3.56. The van der Waals surface area contributed by atoms with Crippen molar-refractivity contribution in [3.8, 4) is 5.75 Å². The third-order valence-corrected chi connectivity index (χ3v) is 3.95. The van der Waals surface area contributed by atoms with Crippen molar-refractivity contribution in [1.29, 1.82) is 0 Å². The van der Waals surface area contributed by atoms with Gasteiger partial charge in [0.25, 0.3) is 0 Å². The first-order valence-electron chi connectivity index (χ1n) is 5.25. The Morgan fingerprint density at radius 1 is 1.50 bits per heavy atom. The average Bonchev–Trinajstić information content (AvgIpc) is 3.07. The van der Waals surface area contributed by atoms with Crippen LogP contribution in [-0.4, -0.2) is 18.4 Å². The van der Waals surface area contributed by atoms with Gasteiger partial charge in [0, 0.05) is 11.5 Å². The minimum Gasteiger partial charge on any atom is -0.494 e. The highest BCUT2D eigenvalue weighted by atomic mass is 32.1. The highest BCUT2D eigenvalue weighted by Gasteiger charge is 2.27. The SMILES string of the molecule is COc1cc(C=O)cc2sc(C3CC3)nc12. The lowest BCUT2D eigenvalue weighted by atomic mass is 10.2. The molecule has 1 aromatic heterocycles. The van der Waals surface area contributed by atoms with Crippen molar-refractivity contribution in [2.45, 2.75) is 18.8 Å². The molecule has 1 saturated carbocycles. The van der Waals surface area contributed by atoms with E-state index in [0.29, 0.717) is 17.2 Å². The molecule has 0 radical (unpaired) electrons. The Labute approximate surface area is 97.1 Å². The lowest BCUT2D eigenvalue weighted by Gasteiger charge is -2.00. The summed E-state index contributed by atoms with van der Waals surface area (Å²) in [6.45, 7) is 0. The zero-order chi connectivity index (χ0) is 11.1. The molecule has 0 atom stereocenters. The monoisotopic (exact) mass is 233 g/mol. The molecule has 1 aliphatic carbocycles. The maximum absolute atomic E-state index is 10.8. The Morgan fingerprint density at radius 2 is 2.31 bits per heavy atom. The number of fused-ring (bicyclic) bond motifs is 1. The van der Waals surface area contributed by atoms with E-state index in [-0.39, 0.29) is 0 Å². The van der Waals surface area contributed by atoms with Crippen molar-refractivity contribution in [1.82, 2.24) is 4.98 Å². The standard InChI is InChI=1S/C12H11NO2S/c1-15-9-4-7(6-14)5-10-11(9)13-12(16-10)8-2-3-8/h4-6,8H,2-3H2,1H3. The number of carbonyl (C=O) groups is 1. The molecule has 2 aromatic rings. The molecule has 1 aliphatic rings. The molecule has 0 saturated heterocycles. The van der Waals surface area contributed by atoms with Crippen LogP contribution in [0.3, 0.4) is 0 Å². The largest absolute Gasteiger partial charge is 0.494 e. The molecular formula is C12H11NO2S. The number of aldehydes is 1. The van der Waals surface area contributed by atoms with Gasteiger partial charge in [-0.15, -0.1) is 11.3 Å². The first-order chi connectivity index (χ1) is 7.81. The van der Waals surface area contributed by atoms with Crippen LogP contribution in [0, 0.1) is 0 Å². The number of methoxy groups -OCH3 is 1. The summed E-state index contributed by atoms with van der Waals surface area (Å²) in [6, 6.07) is 3.63. The number of aromatic nitrogens is 1. The maximum atomic E-state index is 10.8. The van der Waals surface area contributed by atoms with Crippen LogP contribution in [0.2, 0.25) is 0 Å². The molecule has 16 heavy (non-hydrogen) atoms. The van der Waals surface area contributed by atoms with Crippen molar-refractivity contribution in [3.05, 3.63) is 22.7 Å². The van der Waals surface area contributed by atoms with Gasteiger partial charge in [-0.25, -0.2) is 4.98 Å². The fraction of sp³-hybridized carbons (Fsp3) is 0.333. The van der Waals surface area contributed by atoms with E-state index in [2.05, 4.69) is 4.98 Å². The van der Waals surface area contributed by atoms with Crippen molar-refractivity contribution >= 4 is 27.8 Å². The van der Waals surface area contributed by atoms with Crippen LogP contribution in [0.4, 0.5) is 0 Å². The topological polar surface area (TPSA) is 39.2 Å². The minimum absolute atomic E-state index is 0.641. The minimum atomic E-state index is 0.641. The van der Waals surface area contributed by atoms with Gasteiger partial charge in [0.15, 0.2) is 0 Å². The van der Waals surface area contributed by atoms with E-state index in [4.69, 9.17) is 4.74 Å². The number of hydrogen-bond donors (Lipinski definition) is 0. The molecular weight excluding hydrogens is 222 g/mol. The van der Waals surface area contributed by atoms with Crippen LogP contribution in [-0.2, 0) is 0 Å². The van der Waals surface area contributed by atoms with E-state index < -0.39 is 0 Å². The average molecular weight is 233 g/mol. The predicted molar refractivity (Wildman–Crippen MR) is 63.5 cm³/mol. The lowest BCUT2D eigenvalue weighted by molar-refractivity contribution is 0.112. The molecule has 1 heterocycles. The van der Waals surface area contributed by atoms with Crippen LogP contribution < -0.4 is 4.74 Å². The molecule has 1 aromatic carbocycles. The van der Waals surface area contributed by atoms with E-state index in [0.717, 1.165) is 16.5 Å². The van der Waals surface area contributed by atoms with E-state index in [1.807, 2.05) is 6.07 Å². The van der Waals surface area contributed by atoms with E-state index >= 15 is 0 Å². The Hall–Kier alpha value is -1.42. The number of nitrogens with zero attached hydrogens (tertiary/aromatic N) is 1. The number of rotatable bonds is 3. The highest BCUT2D eigenvalue weighted by molar-refractivity contribution is 7.18. The molecule has 82 valence electrons. The Kier molecular flexibility index (Phi) is 2.17. The van der Waals surface area contributed by atoms with Crippen LogP contribution in [0.1, 0.15) is 34.1 Å². The molecule has 0 amide bonds. The number of ether oxygens (including phenoxy) is 1. The van der Waals surface area contributed by atoms with E-state index in [1.165, 1.54) is 17.8 Å². The summed E-state index contributed by atoms with van der Waals surface area (Å²) in [4.78, 5) is 15.4. The summed E-state index contributed by atoms with van der Waals surface area (Å²) >= 11 is 1.68. The van der Waals surface area contributed by atoms with Gasteiger partial charge in [0.1, 0.15) is 17.6 Å². The number of thiazole rings is 1. The Balaban J connectivity index is 2.22. The molecule has 0 spiro atoms. The van der Waals surface area contributed by atoms with Gasteiger partial charge in [-0.1, -0.05) is 0 Å². The van der Waals surface area contributed by atoms with Gasteiger partial charge in [0.2, 0.25) is 0 Å². The molecule has 0 bridgehead atoms. The zero-order valence-electron chi connectivity index (χ0n) is 8.90. The molecule has 0 unspecified atom stereocenters. The summed E-state index contributed by atoms with van der Waals surface area (Å²) in [6.07, 6.45) is 3.32. The van der Waals surface area contributed by atoms with Gasteiger partial charge in [0.05, 0.1) is 16.8 Å². The molecule has 0 aliphatic heterocycles. The second-order valence-corrected chi connectivity index (χ2v) is 5.08. The lowest BCUT2D eigenvalue weighted by Crippen LogP contribution is -1.87. The molecule has 3 rings (SSSR count). The van der Waals surface area contributed by atoms with Gasteiger partial charge < -0.3 is 4.74 Å². The highest BCUT2D eigenvalue weighted by Crippen LogP contribution is 2.44. The fourth-order valence-electron chi connectivity index (χ4n) is 1.76. The maximum Gasteiger partial charge on any atom is 0.150 e. The van der Waals surface area contributed by atoms with Crippen LogP contribution in [0.25, 0.3) is 10.2 Å². The number of carbonyl (C=O) groups excluding carboxylic acids is 1. The van der Waals surface area contributed by atoms with Gasteiger partial charge in [-0.3, -0.25) is 4.79 Å². The zero-order valence-corrected chi connectivity index (χ0v) is 9.71. The summed E-state index contributed by atoms with van der Waals surface area (Å²) in [5.41, 5.74) is 1.54. The predicted octanol–water partition coefficient (Wildman–Crippen LogP) is 2.99. The fourth-order valence-corrected chi connectivity index (χ4v) is 2.97. The Bertz CT molecular complexity index is 557. The molecule has 0 N–H and O–H groups in total. The quantitative estimate of drug-likeness (QED) is 0.765. The van der Waals surface area contributed by atoms with E-state index in [1.54, 1.807) is 24.5 Å². The summed E-state index contributed by atoms with van der Waals surface area (Å²) < 4.78 is 6.31. The molecule has 1 fully saturated rings. The number of benzene rings is 1. The smallest absolute Gasteiger partial charge is 0.150 e. The third-order valence-electron chi connectivity index (χ3n) is 2.78. The van der Waals surface area contributed by atoms with Crippen molar-refractivity contribution in [2.24, 2.45) is 0 Å². The van der Waals surface area contributed by atoms with Crippen molar-refractivity contribution < 1.29 is 9.53 Å². The summed E-state index contributed by atoms with van der Waals surface area (Å²) in [5, 5.41) is 1.18. The van der Waals surface area contributed by atoms with Gasteiger partial charge in [-0.2, -0.15) is 0 Å². The van der Waals surface area contributed by atoms with Crippen LogP contribution in [0.5, 0.6) is 5.75 Å². The number of hydrogen-bond acceptors (Lipinski definition) is 4. The normalized spacial score (nSPS) is 15.3. The van der Waals surface area contributed by atoms with Crippen LogP contribution in [0.15, 0.2) is 12.1 Å². The molecule has 3 nitrogen and oxygen atoms in total. The second-order valence-electron chi connectivity index (χ2n) is 4.01.